The van der Waals surface area contributed by atoms with E-state index in [1.165, 1.54) is 0 Å². The van der Waals surface area contributed by atoms with Crippen LogP contribution in [0.2, 0.25) is 0 Å². The van der Waals surface area contributed by atoms with E-state index in [0.717, 1.165) is 16.6 Å². The highest BCUT2D eigenvalue weighted by molar-refractivity contribution is 5.94. The van der Waals surface area contributed by atoms with Crippen molar-refractivity contribution in [2.75, 3.05) is 5.32 Å². The van der Waals surface area contributed by atoms with Crippen molar-refractivity contribution >= 4 is 22.5 Å². The van der Waals surface area contributed by atoms with Gasteiger partial charge in [0.15, 0.2) is 0 Å². The first-order valence-corrected chi connectivity index (χ1v) is 5.32. The second-order valence-corrected chi connectivity index (χ2v) is 4.05. The minimum atomic E-state index is -0.0144. The molecule has 0 unspecified atom stereocenters. The number of hydrogen-bond acceptors (Lipinski definition) is 2. The molecule has 0 spiro atoms. The molecule has 16 heavy (non-hydrogen) atoms. The van der Waals surface area contributed by atoms with Crippen LogP contribution in [0, 0.1) is 5.92 Å². The van der Waals surface area contributed by atoms with Gasteiger partial charge in [-0.2, -0.15) is 0 Å². The molecule has 1 aromatic carbocycles. The average molecular weight is 214 g/mol. The molecule has 1 N–H and O–H groups in total. The van der Waals surface area contributed by atoms with Crippen LogP contribution in [-0.2, 0) is 4.79 Å². The molecule has 0 bridgehead atoms. The van der Waals surface area contributed by atoms with Crippen molar-refractivity contribution in [2.24, 2.45) is 5.92 Å². The van der Waals surface area contributed by atoms with Crippen LogP contribution in [0.3, 0.4) is 0 Å². The zero-order valence-corrected chi connectivity index (χ0v) is 9.40. The van der Waals surface area contributed by atoms with Gasteiger partial charge in [0, 0.05) is 23.2 Å². The molecule has 0 saturated carbocycles. The molecule has 2 rings (SSSR count). The van der Waals surface area contributed by atoms with E-state index >= 15 is 0 Å². The van der Waals surface area contributed by atoms with Crippen LogP contribution in [0.1, 0.15) is 13.8 Å². The molecule has 1 aromatic heterocycles. The number of rotatable bonds is 2. The Hall–Kier alpha value is -1.90. The molecule has 0 atom stereocenters. The molecule has 0 saturated heterocycles. The minimum Gasteiger partial charge on any atom is -0.326 e. The number of benzene rings is 1. The Balaban J connectivity index is 2.29. The van der Waals surface area contributed by atoms with E-state index in [-0.39, 0.29) is 11.8 Å². The number of nitrogens with zero attached hydrogens (tertiary/aromatic N) is 1. The van der Waals surface area contributed by atoms with Crippen molar-refractivity contribution in [3.05, 3.63) is 36.5 Å². The Bertz CT molecular complexity index is 520. The van der Waals surface area contributed by atoms with E-state index in [1.807, 2.05) is 44.2 Å². The molecule has 0 fully saturated rings. The SMILES string of the molecule is CC(C)C(=O)Nc1ccc2cccnc2c1. The van der Waals surface area contributed by atoms with Crippen LogP contribution in [0.15, 0.2) is 36.5 Å². The topological polar surface area (TPSA) is 42.0 Å². The summed E-state index contributed by atoms with van der Waals surface area (Å²) in [7, 11) is 0. The first-order chi connectivity index (χ1) is 7.66. The molecule has 0 aliphatic heterocycles. The third-order valence-electron chi connectivity index (χ3n) is 2.40. The van der Waals surface area contributed by atoms with Crippen molar-refractivity contribution in [3.63, 3.8) is 0 Å². The van der Waals surface area contributed by atoms with E-state index in [1.54, 1.807) is 6.20 Å². The summed E-state index contributed by atoms with van der Waals surface area (Å²) in [5.41, 5.74) is 1.69. The highest BCUT2D eigenvalue weighted by Gasteiger charge is 2.07. The average Bonchev–Trinajstić information content (AvgIpc) is 2.28. The summed E-state index contributed by atoms with van der Waals surface area (Å²) in [5, 5.41) is 3.93. The lowest BCUT2D eigenvalue weighted by atomic mass is 10.1. The van der Waals surface area contributed by atoms with Gasteiger partial charge in [0.1, 0.15) is 0 Å². The van der Waals surface area contributed by atoms with E-state index in [4.69, 9.17) is 0 Å². The van der Waals surface area contributed by atoms with Crippen molar-refractivity contribution in [2.45, 2.75) is 13.8 Å². The first-order valence-electron chi connectivity index (χ1n) is 5.32. The van der Waals surface area contributed by atoms with Crippen molar-refractivity contribution < 1.29 is 4.79 Å². The zero-order chi connectivity index (χ0) is 11.5. The third-order valence-corrected chi connectivity index (χ3v) is 2.40. The normalized spacial score (nSPS) is 10.7. The molecule has 0 aliphatic rings. The zero-order valence-electron chi connectivity index (χ0n) is 9.40. The number of fused-ring (bicyclic) bond motifs is 1. The fourth-order valence-corrected chi connectivity index (χ4v) is 1.43. The van der Waals surface area contributed by atoms with Gasteiger partial charge >= 0.3 is 0 Å². The van der Waals surface area contributed by atoms with Crippen molar-refractivity contribution in [1.29, 1.82) is 0 Å². The summed E-state index contributed by atoms with van der Waals surface area (Å²) in [6.07, 6.45) is 1.75. The number of pyridine rings is 1. The first kappa shape index (κ1) is 10.6. The fraction of sp³-hybridized carbons (Fsp3) is 0.231. The monoisotopic (exact) mass is 214 g/mol. The summed E-state index contributed by atoms with van der Waals surface area (Å²) in [4.78, 5) is 15.8. The molecular weight excluding hydrogens is 200 g/mol. The lowest BCUT2D eigenvalue weighted by Crippen LogP contribution is -2.17. The van der Waals surface area contributed by atoms with Gasteiger partial charge in [0.25, 0.3) is 0 Å². The maximum absolute atomic E-state index is 11.5. The Labute approximate surface area is 94.5 Å². The number of carbonyl (C=O) groups excluding carboxylic acids is 1. The fourth-order valence-electron chi connectivity index (χ4n) is 1.43. The van der Waals surface area contributed by atoms with Gasteiger partial charge in [-0.3, -0.25) is 9.78 Å². The third kappa shape index (κ3) is 2.19. The molecule has 0 radical (unpaired) electrons. The standard InChI is InChI=1S/C13H14N2O/c1-9(2)13(16)15-11-6-5-10-4-3-7-14-12(10)8-11/h3-9H,1-2H3,(H,15,16). The van der Waals surface area contributed by atoms with E-state index in [0.29, 0.717) is 0 Å². The molecule has 1 heterocycles. The van der Waals surface area contributed by atoms with E-state index in [2.05, 4.69) is 10.3 Å². The molecule has 3 nitrogen and oxygen atoms in total. The number of hydrogen-bond donors (Lipinski definition) is 1. The Morgan fingerprint density at radius 1 is 1.31 bits per heavy atom. The number of nitrogens with one attached hydrogen (secondary N) is 1. The number of anilines is 1. The maximum Gasteiger partial charge on any atom is 0.226 e. The molecule has 0 aliphatic carbocycles. The van der Waals surface area contributed by atoms with Gasteiger partial charge in [-0.25, -0.2) is 0 Å². The Morgan fingerprint density at radius 3 is 2.88 bits per heavy atom. The van der Waals surface area contributed by atoms with Crippen LogP contribution in [0.4, 0.5) is 5.69 Å². The number of carbonyl (C=O) groups is 1. The van der Waals surface area contributed by atoms with Gasteiger partial charge in [0.2, 0.25) is 5.91 Å². The van der Waals surface area contributed by atoms with Gasteiger partial charge in [-0.15, -0.1) is 0 Å². The van der Waals surface area contributed by atoms with Crippen LogP contribution in [-0.4, -0.2) is 10.9 Å². The quantitative estimate of drug-likeness (QED) is 0.835. The van der Waals surface area contributed by atoms with E-state index < -0.39 is 0 Å². The summed E-state index contributed by atoms with van der Waals surface area (Å²) in [6.45, 7) is 3.74. The van der Waals surface area contributed by atoms with Crippen LogP contribution >= 0.6 is 0 Å². The number of amides is 1. The molecule has 1 amide bonds. The van der Waals surface area contributed by atoms with Gasteiger partial charge in [0.05, 0.1) is 5.52 Å². The molecule has 3 heteroatoms. The minimum absolute atomic E-state index is 0.0144. The molecular formula is C13H14N2O. The second kappa shape index (κ2) is 4.31. The van der Waals surface area contributed by atoms with E-state index in [9.17, 15) is 4.79 Å². The van der Waals surface area contributed by atoms with Gasteiger partial charge < -0.3 is 5.32 Å². The maximum atomic E-state index is 11.5. The Morgan fingerprint density at radius 2 is 2.12 bits per heavy atom. The van der Waals surface area contributed by atoms with Crippen LogP contribution in [0.5, 0.6) is 0 Å². The summed E-state index contributed by atoms with van der Waals surface area (Å²) in [5.74, 6) is 0.00899. The smallest absolute Gasteiger partial charge is 0.226 e. The van der Waals surface area contributed by atoms with Crippen molar-refractivity contribution in [3.8, 4) is 0 Å². The largest absolute Gasteiger partial charge is 0.326 e. The highest BCUT2D eigenvalue weighted by Crippen LogP contribution is 2.17. The van der Waals surface area contributed by atoms with Crippen molar-refractivity contribution in [1.82, 2.24) is 4.98 Å². The Kier molecular flexibility index (Phi) is 2.86. The number of aromatic nitrogens is 1. The predicted molar refractivity (Wildman–Crippen MR) is 65.2 cm³/mol. The predicted octanol–water partition coefficient (Wildman–Crippen LogP) is 2.83. The molecule has 2 aromatic rings. The highest BCUT2D eigenvalue weighted by atomic mass is 16.1. The van der Waals surface area contributed by atoms with Gasteiger partial charge in [-0.1, -0.05) is 26.0 Å². The lowest BCUT2D eigenvalue weighted by Gasteiger charge is -2.08. The second-order valence-electron chi connectivity index (χ2n) is 4.05. The van der Waals surface area contributed by atoms with Crippen LogP contribution < -0.4 is 5.32 Å². The van der Waals surface area contributed by atoms with Gasteiger partial charge in [-0.05, 0) is 18.2 Å². The van der Waals surface area contributed by atoms with Crippen LogP contribution in [0.25, 0.3) is 10.9 Å². The summed E-state index contributed by atoms with van der Waals surface area (Å²) >= 11 is 0. The summed E-state index contributed by atoms with van der Waals surface area (Å²) in [6, 6.07) is 9.63. The summed E-state index contributed by atoms with van der Waals surface area (Å²) < 4.78 is 0. The molecule has 82 valence electrons. The lowest BCUT2D eigenvalue weighted by molar-refractivity contribution is -0.118.